The Morgan fingerprint density at radius 1 is 1.33 bits per heavy atom. The summed E-state index contributed by atoms with van der Waals surface area (Å²) < 4.78 is 36.2. The van der Waals surface area contributed by atoms with Crippen molar-refractivity contribution in [1.82, 2.24) is 4.98 Å². The molecule has 0 saturated heterocycles. The van der Waals surface area contributed by atoms with E-state index in [1.165, 1.54) is 6.92 Å². The van der Waals surface area contributed by atoms with Crippen LogP contribution in [0.25, 0.3) is 0 Å². The minimum absolute atomic E-state index is 0.109. The third-order valence-electron chi connectivity index (χ3n) is 1.30. The first kappa shape index (κ1) is 9.10. The smallest absolute Gasteiger partial charge is 0.270 e. The van der Waals surface area contributed by atoms with Crippen LogP contribution in [-0.2, 0) is 6.18 Å². The molecule has 0 spiro atoms. The molecule has 1 aromatic heterocycles. The Morgan fingerprint density at radius 3 is 2.33 bits per heavy atom. The summed E-state index contributed by atoms with van der Waals surface area (Å²) in [7, 11) is 5.14. The first-order valence-electron chi connectivity index (χ1n) is 3.21. The van der Waals surface area contributed by atoms with Crippen molar-refractivity contribution in [3.8, 4) is 0 Å². The average Bonchev–Trinajstić information content (AvgIpc) is 1.82. The van der Waals surface area contributed by atoms with E-state index in [9.17, 15) is 13.2 Å². The maximum Gasteiger partial charge on any atom is 0.416 e. The van der Waals surface area contributed by atoms with Gasteiger partial charge in [0.15, 0.2) is 0 Å². The number of nitrogens with zero attached hydrogens (tertiary/aromatic N) is 1. The van der Waals surface area contributed by atoms with Crippen LogP contribution in [0.3, 0.4) is 0 Å². The zero-order valence-corrected chi connectivity index (χ0v) is 6.31. The average molecular weight is 171 g/mol. The van der Waals surface area contributed by atoms with E-state index >= 15 is 0 Å². The van der Waals surface area contributed by atoms with Crippen molar-refractivity contribution >= 4 is 13.4 Å². The minimum atomic E-state index is -4.35. The van der Waals surface area contributed by atoms with Gasteiger partial charge in [-0.15, -0.1) is 0 Å². The van der Waals surface area contributed by atoms with E-state index in [0.29, 0.717) is 0 Å². The van der Waals surface area contributed by atoms with E-state index in [0.717, 1.165) is 12.1 Å². The maximum atomic E-state index is 12.1. The van der Waals surface area contributed by atoms with Crippen molar-refractivity contribution in [2.45, 2.75) is 13.1 Å². The molecule has 5 heteroatoms. The third kappa shape index (κ3) is 2.00. The minimum Gasteiger partial charge on any atom is -0.270 e. The molecule has 0 N–H and O–H groups in total. The molecule has 0 aliphatic heterocycles. The van der Waals surface area contributed by atoms with Crippen LogP contribution in [0, 0.1) is 6.92 Å². The van der Waals surface area contributed by atoms with Crippen LogP contribution >= 0.6 is 0 Å². The fourth-order valence-electron chi connectivity index (χ4n) is 0.858. The molecular formula is C7H5BF3N. The molecule has 0 aliphatic rings. The van der Waals surface area contributed by atoms with Gasteiger partial charge in [-0.3, -0.25) is 4.98 Å². The normalized spacial score (nSPS) is 11.7. The van der Waals surface area contributed by atoms with Crippen LogP contribution in [0.2, 0.25) is 0 Å². The van der Waals surface area contributed by atoms with Crippen LogP contribution in [0.5, 0.6) is 0 Å². The molecule has 1 rings (SSSR count). The van der Waals surface area contributed by atoms with Gasteiger partial charge < -0.3 is 0 Å². The summed E-state index contributed by atoms with van der Waals surface area (Å²) in [5.74, 6) is 0. The molecule has 0 saturated carbocycles. The van der Waals surface area contributed by atoms with Gasteiger partial charge in [-0.2, -0.15) is 13.2 Å². The standard InChI is InChI=1S/C7H5BF3N/c1-4-2-5(7(9,10)11)3-6(8)12-4/h2-3H,1H3. The maximum absolute atomic E-state index is 12.1. The molecule has 0 aliphatic carbocycles. The number of pyridine rings is 1. The fourth-order valence-corrected chi connectivity index (χ4v) is 0.858. The fraction of sp³-hybridized carbons (Fsp3) is 0.286. The molecule has 0 unspecified atom stereocenters. The zero-order valence-electron chi connectivity index (χ0n) is 6.31. The van der Waals surface area contributed by atoms with Gasteiger partial charge in [-0.1, -0.05) is 0 Å². The molecule has 2 radical (unpaired) electrons. The van der Waals surface area contributed by atoms with Crippen LogP contribution in [-0.4, -0.2) is 12.8 Å². The Morgan fingerprint density at radius 2 is 1.92 bits per heavy atom. The molecule has 1 aromatic rings. The summed E-state index contributed by atoms with van der Waals surface area (Å²) in [6.45, 7) is 1.46. The van der Waals surface area contributed by atoms with Crippen LogP contribution in [0.4, 0.5) is 13.2 Å². The number of rotatable bonds is 0. The first-order chi connectivity index (χ1) is 5.39. The number of aromatic nitrogens is 1. The lowest BCUT2D eigenvalue weighted by Gasteiger charge is -2.07. The van der Waals surface area contributed by atoms with Gasteiger partial charge in [0, 0.05) is 5.69 Å². The highest BCUT2D eigenvalue weighted by molar-refractivity contribution is 6.30. The quantitative estimate of drug-likeness (QED) is 0.534. The van der Waals surface area contributed by atoms with Crippen molar-refractivity contribution < 1.29 is 13.2 Å². The Labute approximate surface area is 69.0 Å². The van der Waals surface area contributed by atoms with E-state index in [2.05, 4.69) is 4.98 Å². The Bertz CT molecular complexity index is 275. The van der Waals surface area contributed by atoms with Gasteiger partial charge in [0.05, 0.1) is 5.56 Å². The second-order valence-electron chi connectivity index (χ2n) is 2.42. The van der Waals surface area contributed by atoms with Crippen molar-refractivity contribution in [2.24, 2.45) is 0 Å². The van der Waals surface area contributed by atoms with E-state index in [4.69, 9.17) is 7.85 Å². The number of alkyl halides is 3. The predicted octanol–water partition coefficient (Wildman–Crippen LogP) is 1.20. The van der Waals surface area contributed by atoms with Crippen LogP contribution in [0.15, 0.2) is 12.1 Å². The lowest BCUT2D eigenvalue weighted by molar-refractivity contribution is -0.137. The summed E-state index contributed by atoms with van der Waals surface area (Å²) >= 11 is 0. The lowest BCUT2D eigenvalue weighted by Crippen LogP contribution is -2.15. The molecule has 1 nitrogen and oxygen atoms in total. The Kier molecular flexibility index (Phi) is 2.13. The molecule has 62 valence electrons. The highest BCUT2D eigenvalue weighted by Gasteiger charge is 2.30. The van der Waals surface area contributed by atoms with Gasteiger partial charge >= 0.3 is 6.18 Å². The third-order valence-corrected chi connectivity index (χ3v) is 1.30. The second kappa shape index (κ2) is 2.81. The van der Waals surface area contributed by atoms with Gasteiger partial charge in [0.25, 0.3) is 0 Å². The summed E-state index contributed by atoms with van der Waals surface area (Å²) in [5, 5.41) is 0. The van der Waals surface area contributed by atoms with E-state index in [1.54, 1.807) is 0 Å². The highest BCUT2D eigenvalue weighted by atomic mass is 19.4. The number of halogens is 3. The molecule has 1 heterocycles. The van der Waals surface area contributed by atoms with Crippen molar-refractivity contribution in [1.29, 1.82) is 0 Å². The summed E-state index contributed by atoms with van der Waals surface area (Å²) in [5.41, 5.74) is -0.600. The monoisotopic (exact) mass is 171 g/mol. The molecule has 0 bridgehead atoms. The SMILES string of the molecule is [B]c1cc(C(F)(F)F)cc(C)n1. The lowest BCUT2D eigenvalue weighted by atomic mass is 10.0. The van der Waals surface area contributed by atoms with Gasteiger partial charge in [0.1, 0.15) is 7.85 Å². The Hall–Kier alpha value is -0.995. The molecule has 0 aromatic carbocycles. The molecule has 12 heavy (non-hydrogen) atoms. The van der Waals surface area contributed by atoms with Gasteiger partial charge in [-0.05, 0) is 24.6 Å². The van der Waals surface area contributed by atoms with E-state index in [1.807, 2.05) is 0 Å². The molecular weight excluding hydrogens is 166 g/mol. The van der Waals surface area contributed by atoms with Gasteiger partial charge in [-0.25, -0.2) is 0 Å². The number of hydrogen-bond acceptors (Lipinski definition) is 1. The van der Waals surface area contributed by atoms with Crippen molar-refractivity contribution in [3.05, 3.63) is 23.4 Å². The highest BCUT2D eigenvalue weighted by Crippen LogP contribution is 2.28. The summed E-state index contributed by atoms with van der Waals surface area (Å²) in [6, 6.07) is 1.77. The van der Waals surface area contributed by atoms with E-state index in [-0.39, 0.29) is 11.3 Å². The Balaban J connectivity index is 3.18. The van der Waals surface area contributed by atoms with Crippen LogP contribution in [0.1, 0.15) is 11.3 Å². The second-order valence-corrected chi connectivity index (χ2v) is 2.42. The van der Waals surface area contributed by atoms with Crippen molar-refractivity contribution in [2.75, 3.05) is 0 Å². The molecule has 0 amide bonds. The summed E-state index contributed by atoms with van der Waals surface area (Å²) in [4.78, 5) is 3.63. The number of hydrogen-bond donors (Lipinski definition) is 0. The first-order valence-corrected chi connectivity index (χ1v) is 3.21. The van der Waals surface area contributed by atoms with Gasteiger partial charge in [0.2, 0.25) is 0 Å². The van der Waals surface area contributed by atoms with Crippen LogP contribution < -0.4 is 5.59 Å². The predicted molar refractivity (Wildman–Crippen MR) is 39.4 cm³/mol. The van der Waals surface area contributed by atoms with Crippen molar-refractivity contribution in [3.63, 3.8) is 0 Å². The largest absolute Gasteiger partial charge is 0.416 e. The summed E-state index contributed by atoms with van der Waals surface area (Å²) in [6.07, 6.45) is -4.35. The number of aryl methyl sites for hydroxylation is 1. The topological polar surface area (TPSA) is 12.9 Å². The zero-order chi connectivity index (χ0) is 9.35. The van der Waals surface area contributed by atoms with E-state index < -0.39 is 11.7 Å². The molecule has 0 atom stereocenters. The molecule has 0 fully saturated rings.